The van der Waals surface area contributed by atoms with E-state index in [9.17, 15) is 18.8 Å². The number of aliphatic carboxylic acids is 1. The maximum absolute atomic E-state index is 14.6. The van der Waals surface area contributed by atoms with Crippen molar-refractivity contribution in [3.05, 3.63) is 89.2 Å². The third-order valence-electron chi connectivity index (χ3n) is 5.81. The number of nitrogens with one attached hydrogen (secondary N) is 1. The predicted molar refractivity (Wildman–Crippen MR) is 124 cm³/mol. The number of amides is 2. The summed E-state index contributed by atoms with van der Waals surface area (Å²) in [6.45, 7) is 1.19. The number of carbonyl (C=O) groups excluding carboxylic acids is 2. The van der Waals surface area contributed by atoms with Crippen LogP contribution in [0.3, 0.4) is 0 Å². The average molecular weight is 462 g/mol. The number of carbonyl (C=O) groups is 3. The Balaban J connectivity index is 1.51. The second-order valence-corrected chi connectivity index (χ2v) is 7.83. The summed E-state index contributed by atoms with van der Waals surface area (Å²) in [6.07, 6.45) is -0.915. The van der Waals surface area contributed by atoms with E-state index in [1.807, 2.05) is 48.5 Å². The molecule has 0 bridgehead atoms. The summed E-state index contributed by atoms with van der Waals surface area (Å²) in [7, 11) is 0. The molecular formula is C26H23FN2O5. The summed E-state index contributed by atoms with van der Waals surface area (Å²) >= 11 is 0. The lowest BCUT2D eigenvalue weighted by Gasteiger charge is -2.21. The zero-order chi connectivity index (χ0) is 24.2. The van der Waals surface area contributed by atoms with Crippen LogP contribution in [0.5, 0.6) is 0 Å². The molecule has 3 aromatic carbocycles. The number of para-hydroxylation sites is 1. The molecule has 0 spiro atoms. The molecule has 2 N–H and O–H groups in total. The van der Waals surface area contributed by atoms with E-state index in [4.69, 9.17) is 9.84 Å². The molecule has 7 nitrogen and oxygen atoms in total. The lowest BCUT2D eigenvalue weighted by Crippen LogP contribution is -2.36. The summed E-state index contributed by atoms with van der Waals surface area (Å²) in [5.41, 5.74) is 3.71. The van der Waals surface area contributed by atoms with Gasteiger partial charge in [-0.3, -0.25) is 14.9 Å². The number of nitrogens with zero attached hydrogens (tertiary/aromatic N) is 1. The molecule has 0 aromatic heterocycles. The van der Waals surface area contributed by atoms with E-state index < -0.39 is 30.3 Å². The van der Waals surface area contributed by atoms with Gasteiger partial charge in [-0.15, -0.1) is 0 Å². The van der Waals surface area contributed by atoms with Gasteiger partial charge < -0.3 is 14.7 Å². The number of likely N-dealkylation sites (N-methyl/N-ethyl adjacent to an activating group) is 1. The molecule has 0 fully saturated rings. The first-order valence-electron chi connectivity index (χ1n) is 10.8. The minimum atomic E-state index is -1.20. The monoisotopic (exact) mass is 462 g/mol. The van der Waals surface area contributed by atoms with Crippen LogP contribution in [-0.2, 0) is 9.53 Å². The van der Waals surface area contributed by atoms with E-state index in [-0.39, 0.29) is 30.3 Å². The van der Waals surface area contributed by atoms with Crippen molar-refractivity contribution in [3.8, 4) is 11.1 Å². The van der Waals surface area contributed by atoms with Gasteiger partial charge in [0.05, 0.1) is 11.3 Å². The van der Waals surface area contributed by atoms with Crippen LogP contribution in [0.1, 0.15) is 34.3 Å². The van der Waals surface area contributed by atoms with E-state index in [1.54, 1.807) is 6.92 Å². The molecule has 1 aliphatic carbocycles. The summed E-state index contributed by atoms with van der Waals surface area (Å²) in [4.78, 5) is 37.5. The van der Waals surface area contributed by atoms with Crippen LogP contribution in [0.15, 0.2) is 66.7 Å². The molecule has 0 radical (unpaired) electrons. The molecule has 3 aromatic rings. The molecule has 4 rings (SSSR count). The number of carboxylic acids is 1. The number of rotatable bonds is 7. The van der Waals surface area contributed by atoms with Crippen molar-refractivity contribution in [1.82, 2.24) is 4.90 Å². The zero-order valence-electron chi connectivity index (χ0n) is 18.5. The van der Waals surface area contributed by atoms with E-state index in [1.165, 1.54) is 12.1 Å². The number of carboxylic acid groups (broad SMARTS) is 1. The second-order valence-electron chi connectivity index (χ2n) is 7.83. The Bertz CT molecular complexity index is 1210. The number of hydrogen-bond donors (Lipinski definition) is 2. The fourth-order valence-electron chi connectivity index (χ4n) is 4.23. The van der Waals surface area contributed by atoms with Gasteiger partial charge in [0.25, 0.3) is 5.91 Å². The van der Waals surface area contributed by atoms with Crippen LogP contribution >= 0.6 is 0 Å². The summed E-state index contributed by atoms with van der Waals surface area (Å²) in [6, 6.07) is 19.5. The van der Waals surface area contributed by atoms with Crippen LogP contribution < -0.4 is 5.32 Å². The summed E-state index contributed by atoms with van der Waals surface area (Å²) < 4.78 is 20.0. The molecular weight excluding hydrogens is 439 g/mol. The van der Waals surface area contributed by atoms with Crippen LogP contribution in [0, 0.1) is 5.82 Å². The molecule has 2 amide bonds. The molecule has 1 aliphatic rings. The SMILES string of the molecule is CCN(CC(=O)O)C(=O)c1cccc(F)c1NC(=O)OCC1c2ccccc2-c2ccccc21. The van der Waals surface area contributed by atoms with Crippen molar-refractivity contribution in [1.29, 1.82) is 0 Å². The van der Waals surface area contributed by atoms with Gasteiger partial charge in [0.2, 0.25) is 0 Å². The number of hydrogen-bond acceptors (Lipinski definition) is 4. The highest BCUT2D eigenvalue weighted by molar-refractivity contribution is 6.03. The van der Waals surface area contributed by atoms with Crippen LogP contribution in [0.2, 0.25) is 0 Å². The lowest BCUT2D eigenvalue weighted by molar-refractivity contribution is -0.137. The number of fused-ring (bicyclic) bond motifs is 3. The first-order valence-corrected chi connectivity index (χ1v) is 10.8. The Morgan fingerprint density at radius 1 is 0.971 bits per heavy atom. The molecule has 0 atom stereocenters. The number of halogens is 1. The van der Waals surface area contributed by atoms with E-state index >= 15 is 0 Å². The van der Waals surface area contributed by atoms with Gasteiger partial charge in [-0.2, -0.15) is 0 Å². The Morgan fingerprint density at radius 3 is 2.18 bits per heavy atom. The molecule has 0 unspecified atom stereocenters. The van der Waals surface area contributed by atoms with Crippen molar-refractivity contribution in [3.63, 3.8) is 0 Å². The van der Waals surface area contributed by atoms with E-state index in [2.05, 4.69) is 5.32 Å². The number of ether oxygens (including phenoxy) is 1. The summed E-state index contributed by atoms with van der Waals surface area (Å²) in [5.74, 6) is -2.91. The molecule has 0 aliphatic heterocycles. The van der Waals surface area contributed by atoms with Gasteiger partial charge in [0, 0.05) is 12.5 Å². The highest BCUT2D eigenvalue weighted by Crippen LogP contribution is 2.44. The fourth-order valence-corrected chi connectivity index (χ4v) is 4.23. The minimum absolute atomic E-state index is 0.0255. The fraction of sp³-hybridized carbons (Fsp3) is 0.192. The quantitative estimate of drug-likeness (QED) is 0.529. The lowest BCUT2D eigenvalue weighted by atomic mass is 9.98. The van der Waals surface area contributed by atoms with E-state index in [0.717, 1.165) is 33.2 Å². The Morgan fingerprint density at radius 2 is 1.59 bits per heavy atom. The van der Waals surface area contributed by atoms with Crippen molar-refractivity contribution in [2.24, 2.45) is 0 Å². The normalized spacial score (nSPS) is 11.9. The van der Waals surface area contributed by atoms with Gasteiger partial charge >= 0.3 is 12.1 Å². The van der Waals surface area contributed by atoms with Crippen LogP contribution in [-0.4, -0.2) is 47.7 Å². The predicted octanol–water partition coefficient (Wildman–Crippen LogP) is 4.73. The van der Waals surface area contributed by atoms with Gasteiger partial charge in [-0.1, -0.05) is 54.6 Å². The molecule has 0 heterocycles. The van der Waals surface area contributed by atoms with Gasteiger partial charge in [-0.25, -0.2) is 9.18 Å². The third-order valence-corrected chi connectivity index (χ3v) is 5.81. The largest absolute Gasteiger partial charge is 0.480 e. The van der Waals surface area contributed by atoms with Gasteiger partial charge in [0.1, 0.15) is 19.0 Å². The third kappa shape index (κ3) is 4.47. The van der Waals surface area contributed by atoms with Crippen LogP contribution in [0.25, 0.3) is 11.1 Å². The zero-order valence-corrected chi connectivity index (χ0v) is 18.5. The van der Waals surface area contributed by atoms with Crippen molar-refractivity contribution < 1.29 is 28.6 Å². The number of anilines is 1. The Labute approximate surface area is 195 Å². The molecule has 0 saturated carbocycles. The molecule has 34 heavy (non-hydrogen) atoms. The van der Waals surface area contributed by atoms with Crippen molar-refractivity contribution >= 4 is 23.7 Å². The van der Waals surface area contributed by atoms with Crippen molar-refractivity contribution in [2.75, 3.05) is 25.0 Å². The number of benzene rings is 3. The molecule has 8 heteroatoms. The van der Waals surface area contributed by atoms with Crippen molar-refractivity contribution in [2.45, 2.75) is 12.8 Å². The highest BCUT2D eigenvalue weighted by Gasteiger charge is 2.29. The standard InChI is InChI=1S/C26H23FN2O5/c1-2-29(14-23(30)31)25(32)20-12-7-13-22(27)24(20)28-26(33)34-15-21-18-10-5-3-8-16(18)17-9-4-6-11-19(17)21/h3-13,21H,2,14-15H2,1H3,(H,28,33)(H,30,31). The van der Waals surface area contributed by atoms with E-state index in [0.29, 0.717) is 0 Å². The first-order chi connectivity index (χ1) is 16.4. The summed E-state index contributed by atoms with van der Waals surface area (Å²) in [5, 5.41) is 11.4. The molecule has 0 saturated heterocycles. The van der Waals surface area contributed by atoms with Crippen LogP contribution in [0.4, 0.5) is 14.9 Å². The Kier molecular flexibility index (Phi) is 6.58. The van der Waals surface area contributed by atoms with Gasteiger partial charge in [-0.05, 0) is 41.3 Å². The Hall–Kier alpha value is -4.20. The second kappa shape index (κ2) is 9.74. The topological polar surface area (TPSA) is 95.9 Å². The van der Waals surface area contributed by atoms with Gasteiger partial charge in [0.15, 0.2) is 0 Å². The first kappa shape index (κ1) is 23.0. The maximum Gasteiger partial charge on any atom is 0.411 e. The minimum Gasteiger partial charge on any atom is -0.480 e. The molecule has 174 valence electrons. The highest BCUT2D eigenvalue weighted by atomic mass is 19.1. The smallest absolute Gasteiger partial charge is 0.411 e. The average Bonchev–Trinajstić information content (AvgIpc) is 3.15. The maximum atomic E-state index is 14.6.